The van der Waals surface area contributed by atoms with E-state index in [1.165, 1.54) is 4.68 Å². The lowest BCUT2D eigenvalue weighted by molar-refractivity contribution is -0.142. The van der Waals surface area contributed by atoms with Gasteiger partial charge in [0.1, 0.15) is 0 Å². The van der Waals surface area contributed by atoms with Crippen LogP contribution in [-0.4, -0.2) is 28.3 Å². The molecule has 1 aliphatic rings. The van der Waals surface area contributed by atoms with Gasteiger partial charge >= 0.3 is 6.18 Å². The first-order valence-electron chi connectivity index (χ1n) is 8.45. The third-order valence-corrected chi connectivity index (χ3v) is 4.02. The highest BCUT2D eigenvalue weighted by molar-refractivity contribution is 5.94. The molecule has 0 fully saturated rings. The monoisotopic (exact) mass is 367 g/mol. The normalized spacial score (nSPS) is 14.1. The number of hydrogen-bond acceptors (Lipinski definition) is 3. The maximum atomic E-state index is 13.2. The van der Waals surface area contributed by atoms with Crippen LogP contribution in [0.25, 0.3) is 0 Å². The van der Waals surface area contributed by atoms with Crippen LogP contribution in [0.1, 0.15) is 47.4 Å². The molecule has 0 atom stereocenters. The zero-order valence-corrected chi connectivity index (χ0v) is 14.6. The largest absolute Gasteiger partial charge is 0.478 e. The highest BCUT2D eigenvalue weighted by Gasteiger charge is 2.40. The number of hydrogen-bond donors (Lipinski definition) is 1. The molecule has 0 saturated carbocycles. The molecular weight excluding hydrogens is 347 g/mol. The van der Waals surface area contributed by atoms with Gasteiger partial charge in [0.05, 0.1) is 13.2 Å². The van der Waals surface area contributed by atoms with Crippen molar-refractivity contribution in [1.82, 2.24) is 15.1 Å². The Morgan fingerprint density at radius 3 is 2.85 bits per heavy atom. The predicted molar refractivity (Wildman–Crippen MR) is 89.2 cm³/mol. The molecule has 1 aromatic carbocycles. The molecule has 1 aliphatic heterocycles. The van der Waals surface area contributed by atoms with Crippen molar-refractivity contribution in [3.63, 3.8) is 0 Å². The van der Waals surface area contributed by atoms with E-state index in [9.17, 15) is 18.0 Å². The summed E-state index contributed by atoms with van der Waals surface area (Å²) in [5.74, 6) is -0.0582. The van der Waals surface area contributed by atoms with E-state index in [2.05, 4.69) is 10.4 Å². The van der Waals surface area contributed by atoms with Crippen LogP contribution in [0.3, 0.4) is 0 Å². The smallest absolute Gasteiger partial charge is 0.435 e. The number of nitrogens with zero attached hydrogens (tertiary/aromatic N) is 2. The summed E-state index contributed by atoms with van der Waals surface area (Å²) in [6, 6.07) is 6.76. The number of benzene rings is 1. The SMILES string of the molecule is CC(C)NC(=O)c1cccc(Cn2nc(C(F)(F)F)c3c2OCCC3)c1. The number of nitrogens with one attached hydrogen (secondary N) is 1. The van der Waals surface area contributed by atoms with Crippen molar-refractivity contribution < 1.29 is 22.7 Å². The second kappa shape index (κ2) is 7.01. The average molecular weight is 367 g/mol. The van der Waals surface area contributed by atoms with Crippen LogP contribution in [0, 0.1) is 0 Å². The fourth-order valence-corrected chi connectivity index (χ4v) is 2.95. The molecule has 140 valence electrons. The van der Waals surface area contributed by atoms with Crippen LogP contribution in [0.4, 0.5) is 13.2 Å². The Hall–Kier alpha value is -2.51. The highest BCUT2D eigenvalue weighted by Crippen LogP contribution is 2.38. The van der Waals surface area contributed by atoms with Gasteiger partial charge in [0.15, 0.2) is 5.69 Å². The lowest BCUT2D eigenvalue weighted by Crippen LogP contribution is -2.30. The van der Waals surface area contributed by atoms with Gasteiger partial charge < -0.3 is 10.1 Å². The highest BCUT2D eigenvalue weighted by atomic mass is 19.4. The van der Waals surface area contributed by atoms with Crippen LogP contribution in [0.5, 0.6) is 5.88 Å². The van der Waals surface area contributed by atoms with E-state index >= 15 is 0 Å². The summed E-state index contributed by atoms with van der Waals surface area (Å²) in [4.78, 5) is 12.1. The first-order chi connectivity index (χ1) is 12.3. The molecule has 26 heavy (non-hydrogen) atoms. The first-order valence-corrected chi connectivity index (χ1v) is 8.45. The van der Waals surface area contributed by atoms with E-state index in [0.717, 1.165) is 0 Å². The third-order valence-electron chi connectivity index (χ3n) is 4.02. The molecule has 1 N–H and O–H groups in total. The number of amides is 1. The predicted octanol–water partition coefficient (Wildman–Crippen LogP) is 3.41. The number of carbonyl (C=O) groups is 1. The number of carbonyl (C=O) groups excluding carboxylic acids is 1. The van der Waals surface area contributed by atoms with E-state index in [-0.39, 0.29) is 29.9 Å². The van der Waals surface area contributed by atoms with E-state index in [1.54, 1.807) is 24.3 Å². The van der Waals surface area contributed by atoms with Crippen molar-refractivity contribution in [3.8, 4) is 5.88 Å². The molecule has 1 amide bonds. The molecular formula is C18H20F3N3O2. The summed E-state index contributed by atoms with van der Waals surface area (Å²) in [5, 5.41) is 6.54. The van der Waals surface area contributed by atoms with Crippen LogP contribution >= 0.6 is 0 Å². The molecule has 0 aliphatic carbocycles. The second-order valence-corrected chi connectivity index (χ2v) is 6.57. The number of rotatable bonds is 4. The summed E-state index contributed by atoms with van der Waals surface area (Å²) in [6.07, 6.45) is -3.69. The topological polar surface area (TPSA) is 56.2 Å². The Kier molecular flexibility index (Phi) is 4.93. The Labute approximate surface area is 149 Å². The molecule has 0 radical (unpaired) electrons. The maximum absolute atomic E-state index is 13.2. The molecule has 5 nitrogen and oxygen atoms in total. The number of ether oxygens (including phenoxy) is 1. The fourth-order valence-electron chi connectivity index (χ4n) is 2.95. The van der Waals surface area contributed by atoms with Gasteiger partial charge in [0.2, 0.25) is 5.88 Å². The minimum absolute atomic E-state index is 0.00738. The van der Waals surface area contributed by atoms with Crippen molar-refractivity contribution in [2.45, 2.75) is 45.5 Å². The molecule has 8 heteroatoms. The zero-order chi connectivity index (χ0) is 18.9. The Bertz CT molecular complexity index is 812. The molecule has 0 unspecified atom stereocenters. The fraction of sp³-hybridized carbons (Fsp3) is 0.444. The Morgan fingerprint density at radius 2 is 2.15 bits per heavy atom. The molecule has 2 heterocycles. The number of alkyl halides is 3. The molecule has 0 bridgehead atoms. The third kappa shape index (κ3) is 3.84. The van der Waals surface area contributed by atoms with E-state index in [1.807, 2.05) is 13.8 Å². The van der Waals surface area contributed by atoms with Gasteiger partial charge in [-0.25, -0.2) is 4.68 Å². The summed E-state index contributed by atoms with van der Waals surface area (Å²) < 4.78 is 46.4. The van der Waals surface area contributed by atoms with E-state index < -0.39 is 11.9 Å². The van der Waals surface area contributed by atoms with Gasteiger partial charge in [-0.2, -0.15) is 18.3 Å². The Morgan fingerprint density at radius 1 is 1.38 bits per heavy atom. The molecule has 2 aromatic rings. The summed E-state index contributed by atoms with van der Waals surface area (Å²) in [6.45, 7) is 4.18. The van der Waals surface area contributed by atoms with Crippen molar-refractivity contribution in [2.75, 3.05) is 6.61 Å². The van der Waals surface area contributed by atoms with Crippen molar-refractivity contribution in [1.29, 1.82) is 0 Å². The standard InChI is InChI=1S/C18H20F3N3O2/c1-11(2)22-16(25)13-6-3-5-12(9-13)10-24-17-14(7-4-8-26-17)15(23-24)18(19,20)21/h3,5-6,9,11H,4,7-8,10H2,1-2H3,(H,22,25). The number of halogens is 3. The van der Waals surface area contributed by atoms with Crippen molar-refractivity contribution in [2.24, 2.45) is 0 Å². The number of aromatic nitrogens is 2. The molecule has 0 saturated heterocycles. The van der Waals surface area contributed by atoms with Crippen LogP contribution in [-0.2, 0) is 19.1 Å². The van der Waals surface area contributed by atoms with Gasteiger partial charge in [-0.3, -0.25) is 4.79 Å². The quantitative estimate of drug-likeness (QED) is 0.901. The van der Waals surface area contributed by atoms with Gasteiger partial charge in [0, 0.05) is 17.2 Å². The minimum Gasteiger partial charge on any atom is -0.478 e. The van der Waals surface area contributed by atoms with Gasteiger partial charge in [-0.1, -0.05) is 12.1 Å². The molecule has 3 rings (SSSR count). The average Bonchev–Trinajstić information content (AvgIpc) is 2.94. The molecule has 0 spiro atoms. The van der Waals surface area contributed by atoms with Gasteiger partial charge in [0.25, 0.3) is 5.91 Å². The molecule has 1 aromatic heterocycles. The Balaban J connectivity index is 1.90. The van der Waals surface area contributed by atoms with E-state index in [0.29, 0.717) is 30.6 Å². The summed E-state index contributed by atoms with van der Waals surface area (Å²) in [5.41, 5.74) is 0.349. The zero-order valence-electron chi connectivity index (χ0n) is 14.6. The lowest BCUT2D eigenvalue weighted by Gasteiger charge is -2.16. The number of fused-ring (bicyclic) bond motifs is 1. The van der Waals surface area contributed by atoms with Gasteiger partial charge in [-0.15, -0.1) is 0 Å². The first kappa shape index (κ1) is 18.3. The minimum atomic E-state index is -4.52. The van der Waals surface area contributed by atoms with Crippen LogP contribution in [0.2, 0.25) is 0 Å². The summed E-state index contributed by atoms with van der Waals surface area (Å²) >= 11 is 0. The summed E-state index contributed by atoms with van der Waals surface area (Å²) in [7, 11) is 0. The van der Waals surface area contributed by atoms with Gasteiger partial charge in [-0.05, 0) is 44.4 Å². The van der Waals surface area contributed by atoms with Crippen molar-refractivity contribution >= 4 is 5.91 Å². The van der Waals surface area contributed by atoms with E-state index in [4.69, 9.17) is 4.74 Å². The van der Waals surface area contributed by atoms with Crippen LogP contribution < -0.4 is 10.1 Å². The second-order valence-electron chi connectivity index (χ2n) is 6.57. The maximum Gasteiger partial charge on any atom is 0.435 e. The lowest BCUT2D eigenvalue weighted by atomic mass is 10.1. The van der Waals surface area contributed by atoms with Crippen LogP contribution in [0.15, 0.2) is 24.3 Å². The van der Waals surface area contributed by atoms with Crippen molar-refractivity contribution in [3.05, 3.63) is 46.6 Å².